The van der Waals surface area contributed by atoms with Crippen LogP contribution in [0.3, 0.4) is 0 Å². The number of benzene rings is 1. The minimum Gasteiger partial charge on any atom is -0.494 e. The van der Waals surface area contributed by atoms with Gasteiger partial charge in [-0.2, -0.15) is 0 Å². The average molecular weight is 308 g/mol. The molecule has 0 spiro atoms. The molecule has 2 aliphatic heterocycles. The van der Waals surface area contributed by atoms with E-state index in [0.717, 1.165) is 26.1 Å². The van der Waals surface area contributed by atoms with Crippen molar-refractivity contribution in [2.24, 2.45) is 0 Å². The molecule has 3 atom stereocenters. The predicted molar refractivity (Wildman–Crippen MR) is 79.6 cm³/mol. The molecular formula is C16H21FN2O3. The Bertz CT molecular complexity index is 566. The summed E-state index contributed by atoms with van der Waals surface area (Å²) in [6.07, 6.45) is 1.13. The second-order valence-electron chi connectivity index (χ2n) is 6.01. The summed E-state index contributed by atoms with van der Waals surface area (Å²) in [5.41, 5.74) is 0.410. The van der Waals surface area contributed by atoms with Gasteiger partial charge in [0.05, 0.1) is 19.8 Å². The zero-order valence-electron chi connectivity index (χ0n) is 12.8. The number of halogens is 1. The molecule has 22 heavy (non-hydrogen) atoms. The van der Waals surface area contributed by atoms with Crippen LogP contribution in [0.15, 0.2) is 18.2 Å². The van der Waals surface area contributed by atoms with E-state index in [1.165, 1.54) is 25.3 Å². The number of carbonyl (C=O) groups is 1. The highest BCUT2D eigenvalue weighted by Gasteiger charge is 2.36. The molecule has 0 aromatic heterocycles. The van der Waals surface area contributed by atoms with E-state index in [1.807, 2.05) is 0 Å². The fourth-order valence-electron chi connectivity index (χ4n) is 3.21. The lowest BCUT2D eigenvalue weighted by Crippen LogP contribution is -2.45. The van der Waals surface area contributed by atoms with Gasteiger partial charge in [-0.3, -0.25) is 9.69 Å². The van der Waals surface area contributed by atoms with Crippen LogP contribution in [0.25, 0.3) is 0 Å². The molecule has 0 aliphatic carbocycles. The van der Waals surface area contributed by atoms with E-state index < -0.39 is 5.82 Å². The molecule has 2 heterocycles. The van der Waals surface area contributed by atoms with Crippen LogP contribution in [0, 0.1) is 5.82 Å². The van der Waals surface area contributed by atoms with Gasteiger partial charge >= 0.3 is 0 Å². The quantitative estimate of drug-likeness (QED) is 0.918. The van der Waals surface area contributed by atoms with E-state index in [-0.39, 0.29) is 23.8 Å². The maximum Gasteiger partial charge on any atom is 0.251 e. The SMILES string of the molecule is COc1cc(C(=O)N[C@H]2C[C@H]3CO[C@@H](C)CN3C2)ccc1F. The van der Waals surface area contributed by atoms with Gasteiger partial charge in [0.2, 0.25) is 0 Å². The summed E-state index contributed by atoms with van der Waals surface area (Å²) >= 11 is 0. The number of hydrogen-bond acceptors (Lipinski definition) is 4. The number of methoxy groups -OCH3 is 1. The molecule has 6 heteroatoms. The smallest absolute Gasteiger partial charge is 0.251 e. The third kappa shape index (κ3) is 3.08. The van der Waals surface area contributed by atoms with Gasteiger partial charge in [-0.1, -0.05) is 0 Å². The van der Waals surface area contributed by atoms with E-state index in [2.05, 4.69) is 17.1 Å². The van der Waals surface area contributed by atoms with Gasteiger partial charge in [0, 0.05) is 30.7 Å². The summed E-state index contributed by atoms with van der Waals surface area (Å²) in [5, 5.41) is 3.02. The standard InChI is InChI=1S/C16H21FN2O3/c1-10-7-19-8-12(6-13(19)9-22-10)18-16(20)11-3-4-14(17)15(5-11)21-2/h3-5,10,12-13H,6-9H2,1-2H3,(H,18,20)/t10-,12-,13-/m0/s1. The van der Waals surface area contributed by atoms with Crippen LogP contribution in [-0.2, 0) is 4.74 Å². The van der Waals surface area contributed by atoms with Gasteiger partial charge in [0.1, 0.15) is 0 Å². The monoisotopic (exact) mass is 308 g/mol. The fraction of sp³-hybridized carbons (Fsp3) is 0.562. The number of morpholine rings is 1. The summed E-state index contributed by atoms with van der Waals surface area (Å²) < 4.78 is 24.0. The van der Waals surface area contributed by atoms with Gasteiger partial charge in [0.15, 0.2) is 11.6 Å². The maximum atomic E-state index is 13.4. The predicted octanol–water partition coefficient (Wildman–Crippen LogP) is 1.43. The van der Waals surface area contributed by atoms with Crippen molar-refractivity contribution >= 4 is 5.91 Å². The first-order valence-electron chi connectivity index (χ1n) is 7.57. The second kappa shape index (κ2) is 6.22. The molecule has 2 aliphatic rings. The van der Waals surface area contributed by atoms with Crippen LogP contribution >= 0.6 is 0 Å². The van der Waals surface area contributed by atoms with Crippen molar-refractivity contribution in [2.75, 3.05) is 26.8 Å². The minimum atomic E-state index is -0.469. The molecule has 1 amide bonds. The van der Waals surface area contributed by atoms with Gasteiger partial charge in [-0.25, -0.2) is 4.39 Å². The molecular weight excluding hydrogens is 287 g/mol. The molecule has 1 N–H and O–H groups in total. The number of nitrogens with zero attached hydrogens (tertiary/aromatic N) is 1. The van der Waals surface area contributed by atoms with Crippen LogP contribution in [0.2, 0.25) is 0 Å². The van der Waals surface area contributed by atoms with Crippen molar-refractivity contribution in [1.29, 1.82) is 0 Å². The number of ether oxygens (including phenoxy) is 2. The van der Waals surface area contributed by atoms with Crippen LogP contribution in [0.1, 0.15) is 23.7 Å². The Labute approximate surface area is 129 Å². The Kier molecular flexibility index (Phi) is 4.31. The average Bonchev–Trinajstić information content (AvgIpc) is 2.88. The number of hydrogen-bond donors (Lipinski definition) is 1. The summed E-state index contributed by atoms with van der Waals surface area (Å²) in [5.74, 6) is -0.584. The number of amides is 1. The van der Waals surface area contributed by atoms with Crippen molar-refractivity contribution in [1.82, 2.24) is 10.2 Å². The van der Waals surface area contributed by atoms with E-state index in [9.17, 15) is 9.18 Å². The molecule has 2 fully saturated rings. The summed E-state index contributed by atoms with van der Waals surface area (Å²) in [7, 11) is 1.39. The highest BCUT2D eigenvalue weighted by Crippen LogP contribution is 2.24. The Morgan fingerprint density at radius 2 is 2.27 bits per heavy atom. The zero-order chi connectivity index (χ0) is 15.7. The molecule has 1 aromatic rings. The van der Waals surface area contributed by atoms with Crippen LogP contribution in [-0.4, -0.2) is 55.8 Å². The molecule has 0 unspecified atom stereocenters. The Morgan fingerprint density at radius 1 is 1.45 bits per heavy atom. The molecule has 0 saturated carbocycles. The fourth-order valence-corrected chi connectivity index (χ4v) is 3.21. The third-order valence-corrected chi connectivity index (χ3v) is 4.34. The number of carbonyl (C=O) groups excluding carboxylic acids is 1. The lowest BCUT2D eigenvalue weighted by Gasteiger charge is -2.33. The van der Waals surface area contributed by atoms with Gasteiger partial charge in [-0.15, -0.1) is 0 Å². The third-order valence-electron chi connectivity index (χ3n) is 4.34. The van der Waals surface area contributed by atoms with Crippen LogP contribution in [0.5, 0.6) is 5.75 Å². The molecule has 3 rings (SSSR count). The zero-order valence-corrected chi connectivity index (χ0v) is 12.8. The highest BCUT2D eigenvalue weighted by molar-refractivity contribution is 5.94. The molecule has 0 bridgehead atoms. The Balaban J connectivity index is 1.63. The lowest BCUT2D eigenvalue weighted by molar-refractivity contribution is -0.0390. The maximum absolute atomic E-state index is 13.4. The first-order chi connectivity index (χ1) is 10.6. The number of nitrogens with one attached hydrogen (secondary N) is 1. The molecule has 2 saturated heterocycles. The first-order valence-corrected chi connectivity index (χ1v) is 7.57. The van der Waals surface area contributed by atoms with E-state index in [0.29, 0.717) is 11.6 Å². The molecule has 120 valence electrons. The van der Waals surface area contributed by atoms with E-state index >= 15 is 0 Å². The molecule has 1 aromatic carbocycles. The molecule has 5 nitrogen and oxygen atoms in total. The summed E-state index contributed by atoms with van der Waals surface area (Å²) in [6.45, 7) is 4.52. The van der Waals surface area contributed by atoms with Gasteiger partial charge in [0.25, 0.3) is 5.91 Å². The normalized spacial score (nSPS) is 28.2. The number of fused-ring (bicyclic) bond motifs is 1. The van der Waals surface area contributed by atoms with Crippen molar-refractivity contribution in [3.05, 3.63) is 29.6 Å². The topological polar surface area (TPSA) is 50.8 Å². The van der Waals surface area contributed by atoms with Crippen molar-refractivity contribution in [3.63, 3.8) is 0 Å². The van der Waals surface area contributed by atoms with Crippen molar-refractivity contribution in [3.8, 4) is 5.75 Å². The number of rotatable bonds is 3. The first kappa shape index (κ1) is 15.2. The lowest BCUT2D eigenvalue weighted by atomic mass is 10.1. The van der Waals surface area contributed by atoms with Crippen molar-refractivity contribution in [2.45, 2.75) is 31.5 Å². The second-order valence-corrected chi connectivity index (χ2v) is 6.01. The Morgan fingerprint density at radius 3 is 3.05 bits per heavy atom. The van der Waals surface area contributed by atoms with Gasteiger partial charge in [-0.05, 0) is 31.5 Å². The van der Waals surface area contributed by atoms with Crippen molar-refractivity contribution < 1.29 is 18.7 Å². The molecule has 0 radical (unpaired) electrons. The summed E-state index contributed by atoms with van der Waals surface area (Å²) in [6, 6.07) is 4.63. The highest BCUT2D eigenvalue weighted by atomic mass is 19.1. The summed E-state index contributed by atoms with van der Waals surface area (Å²) in [4.78, 5) is 14.7. The Hall–Kier alpha value is -1.66. The van der Waals surface area contributed by atoms with E-state index in [4.69, 9.17) is 9.47 Å². The van der Waals surface area contributed by atoms with Crippen LogP contribution < -0.4 is 10.1 Å². The van der Waals surface area contributed by atoms with Crippen LogP contribution in [0.4, 0.5) is 4.39 Å². The van der Waals surface area contributed by atoms with Gasteiger partial charge < -0.3 is 14.8 Å². The minimum absolute atomic E-state index is 0.0821. The van der Waals surface area contributed by atoms with E-state index in [1.54, 1.807) is 0 Å². The largest absolute Gasteiger partial charge is 0.494 e.